The summed E-state index contributed by atoms with van der Waals surface area (Å²) in [5, 5.41) is 0. The molecule has 0 spiro atoms. The zero-order valence-corrected chi connectivity index (χ0v) is 8.00. The van der Waals surface area contributed by atoms with Crippen LogP contribution in [0.25, 0.3) is 0 Å². The summed E-state index contributed by atoms with van der Waals surface area (Å²) in [7, 11) is 0. The minimum atomic E-state index is 0.173. The van der Waals surface area contributed by atoms with Gasteiger partial charge in [0.15, 0.2) is 0 Å². The van der Waals surface area contributed by atoms with Crippen molar-refractivity contribution in [2.24, 2.45) is 11.1 Å². The average molecular weight is 167 g/mol. The summed E-state index contributed by atoms with van der Waals surface area (Å²) in [5.74, 6) is 1.30. The van der Waals surface area contributed by atoms with Crippen molar-refractivity contribution in [1.82, 2.24) is 0 Å². The SMILES string of the molecule is CC(C)(C)C(CN)c1ccco1. The van der Waals surface area contributed by atoms with Crippen molar-refractivity contribution in [3.8, 4) is 0 Å². The third-order valence-corrected chi connectivity index (χ3v) is 2.17. The predicted octanol–water partition coefficient (Wildman–Crippen LogP) is 2.37. The number of furan rings is 1. The zero-order chi connectivity index (χ0) is 9.19. The van der Waals surface area contributed by atoms with Crippen molar-refractivity contribution >= 4 is 0 Å². The van der Waals surface area contributed by atoms with Crippen molar-refractivity contribution in [2.45, 2.75) is 26.7 Å². The molecule has 1 heterocycles. The van der Waals surface area contributed by atoms with E-state index in [9.17, 15) is 0 Å². The molecule has 2 N–H and O–H groups in total. The highest BCUT2D eigenvalue weighted by Gasteiger charge is 2.26. The van der Waals surface area contributed by atoms with Gasteiger partial charge >= 0.3 is 0 Å². The molecule has 12 heavy (non-hydrogen) atoms. The monoisotopic (exact) mass is 167 g/mol. The normalized spacial score (nSPS) is 14.7. The van der Waals surface area contributed by atoms with Crippen LogP contribution in [0.15, 0.2) is 22.8 Å². The Morgan fingerprint density at radius 1 is 1.50 bits per heavy atom. The van der Waals surface area contributed by atoms with Gasteiger partial charge in [0.2, 0.25) is 0 Å². The minimum absolute atomic E-state index is 0.173. The lowest BCUT2D eigenvalue weighted by molar-refractivity contribution is 0.284. The molecule has 68 valence electrons. The summed E-state index contributed by atoms with van der Waals surface area (Å²) in [6.07, 6.45) is 1.70. The fourth-order valence-corrected chi connectivity index (χ4v) is 1.39. The van der Waals surface area contributed by atoms with Gasteiger partial charge in [-0.05, 0) is 17.5 Å². The Morgan fingerprint density at radius 2 is 2.17 bits per heavy atom. The highest BCUT2D eigenvalue weighted by Crippen LogP contribution is 2.33. The van der Waals surface area contributed by atoms with Crippen LogP contribution in [-0.2, 0) is 0 Å². The molecule has 0 saturated carbocycles. The molecule has 0 aromatic carbocycles. The fraction of sp³-hybridized carbons (Fsp3) is 0.600. The minimum Gasteiger partial charge on any atom is -0.469 e. The molecule has 0 saturated heterocycles. The van der Waals surface area contributed by atoms with Gasteiger partial charge in [-0.1, -0.05) is 20.8 Å². The molecule has 0 aliphatic carbocycles. The van der Waals surface area contributed by atoms with Crippen LogP contribution in [0.2, 0.25) is 0 Å². The standard InChI is InChI=1S/C10H17NO/c1-10(2,3)8(7-11)9-5-4-6-12-9/h4-6,8H,7,11H2,1-3H3. The van der Waals surface area contributed by atoms with E-state index in [1.807, 2.05) is 12.1 Å². The molecule has 0 bridgehead atoms. The largest absolute Gasteiger partial charge is 0.469 e. The zero-order valence-electron chi connectivity index (χ0n) is 8.00. The first-order valence-electron chi connectivity index (χ1n) is 4.29. The molecule has 0 amide bonds. The highest BCUT2D eigenvalue weighted by atomic mass is 16.3. The van der Waals surface area contributed by atoms with Gasteiger partial charge in [0, 0.05) is 12.5 Å². The van der Waals surface area contributed by atoms with Crippen LogP contribution in [0, 0.1) is 5.41 Å². The van der Waals surface area contributed by atoms with Crippen LogP contribution in [0.1, 0.15) is 32.4 Å². The number of hydrogen-bond donors (Lipinski definition) is 1. The van der Waals surface area contributed by atoms with Crippen molar-refractivity contribution in [3.05, 3.63) is 24.2 Å². The van der Waals surface area contributed by atoms with Gasteiger partial charge in [0.05, 0.1) is 6.26 Å². The first kappa shape index (κ1) is 9.33. The lowest BCUT2D eigenvalue weighted by Gasteiger charge is -2.27. The van der Waals surface area contributed by atoms with Crippen LogP contribution in [-0.4, -0.2) is 6.54 Å². The third kappa shape index (κ3) is 1.89. The van der Waals surface area contributed by atoms with Crippen LogP contribution in [0.5, 0.6) is 0 Å². The average Bonchev–Trinajstić information content (AvgIpc) is 2.38. The highest BCUT2D eigenvalue weighted by molar-refractivity contribution is 5.09. The fourth-order valence-electron chi connectivity index (χ4n) is 1.39. The molecule has 1 aromatic rings. The van der Waals surface area contributed by atoms with E-state index < -0.39 is 0 Å². The molecule has 1 atom stereocenters. The summed E-state index contributed by atoms with van der Waals surface area (Å²) in [5.41, 5.74) is 5.86. The van der Waals surface area contributed by atoms with Crippen molar-refractivity contribution in [2.75, 3.05) is 6.54 Å². The first-order chi connectivity index (χ1) is 5.55. The van der Waals surface area contributed by atoms with Crippen molar-refractivity contribution in [1.29, 1.82) is 0 Å². The van der Waals surface area contributed by atoms with Gasteiger partial charge in [-0.2, -0.15) is 0 Å². The van der Waals surface area contributed by atoms with E-state index in [1.54, 1.807) is 6.26 Å². The van der Waals surface area contributed by atoms with Gasteiger partial charge in [-0.15, -0.1) is 0 Å². The molecule has 1 unspecified atom stereocenters. The summed E-state index contributed by atoms with van der Waals surface area (Å²) in [4.78, 5) is 0. The lowest BCUT2D eigenvalue weighted by Crippen LogP contribution is -2.25. The molecule has 1 rings (SSSR count). The maximum Gasteiger partial charge on any atom is 0.108 e. The second kappa shape index (κ2) is 3.31. The Morgan fingerprint density at radius 3 is 2.50 bits per heavy atom. The Labute approximate surface area is 73.8 Å². The summed E-state index contributed by atoms with van der Waals surface area (Å²) >= 11 is 0. The van der Waals surface area contributed by atoms with Crippen LogP contribution < -0.4 is 5.73 Å². The molecular weight excluding hydrogens is 150 g/mol. The topological polar surface area (TPSA) is 39.2 Å². The van der Waals surface area contributed by atoms with Crippen LogP contribution in [0.4, 0.5) is 0 Å². The van der Waals surface area contributed by atoms with Gasteiger partial charge in [0.25, 0.3) is 0 Å². The van der Waals surface area contributed by atoms with E-state index >= 15 is 0 Å². The summed E-state index contributed by atoms with van der Waals surface area (Å²) < 4.78 is 5.33. The number of nitrogens with two attached hydrogens (primary N) is 1. The van der Waals surface area contributed by atoms with E-state index in [0.29, 0.717) is 12.5 Å². The van der Waals surface area contributed by atoms with Gasteiger partial charge in [-0.3, -0.25) is 0 Å². The van der Waals surface area contributed by atoms with E-state index in [4.69, 9.17) is 10.2 Å². The molecule has 0 aliphatic rings. The molecule has 2 nitrogen and oxygen atoms in total. The van der Waals surface area contributed by atoms with Crippen LogP contribution in [0.3, 0.4) is 0 Å². The number of rotatable bonds is 2. The smallest absolute Gasteiger partial charge is 0.108 e. The molecule has 0 radical (unpaired) electrons. The van der Waals surface area contributed by atoms with E-state index in [-0.39, 0.29) is 5.41 Å². The van der Waals surface area contributed by atoms with Crippen LogP contribution >= 0.6 is 0 Å². The predicted molar refractivity (Wildman–Crippen MR) is 50.0 cm³/mol. The second-order valence-electron chi connectivity index (χ2n) is 4.17. The van der Waals surface area contributed by atoms with Gasteiger partial charge < -0.3 is 10.2 Å². The molecular formula is C10H17NO. The van der Waals surface area contributed by atoms with Gasteiger partial charge in [-0.25, -0.2) is 0 Å². The number of hydrogen-bond acceptors (Lipinski definition) is 2. The maximum absolute atomic E-state index is 5.69. The Bertz CT molecular complexity index is 220. The summed E-state index contributed by atoms with van der Waals surface area (Å²) in [6, 6.07) is 3.90. The quantitative estimate of drug-likeness (QED) is 0.734. The Kier molecular flexibility index (Phi) is 2.58. The lowest BCUT2D eigenvalue weighted by atomic mass is 9.79. The van der Waals surface area contributed by atoms with Crippen molar-refractivity contribution in [3.63, 3.8) is 0 Å². The summed E-state index contributed by atoms with van der Waals surface area (Å²) in [6.45, 7) is 7.16. The van der Waals surface area contributed by atoms with E-state index in [2.05, 4.69) is 20.8 Å². The Hall–Kier alpha value is -0.760. The molecule has 1 aromatic heterocycles. The molecule has 0 fully saturated rings. The van der Waals surface area contributed by atoms with Gasteiger partial charge in [0.1, 0.15) is 5.76 Å². The maximum atomic E-state index is 5.69. The molecule has 2 heteroatoms. The first-order valence-corrected chi connectivity index (χ1v) is 4.29. The third-order valence-electron chi connectivity index (χ3n) is 2.17. The molecule has 0 aliphatic heterocycles. The van der Waals surface area contributed by atoms with Crippen molar-refractivity contribution < 1.29 is 4.42 Å². The Balaban J connectivity index is 2.84. The van der Waals surface area contributed by atoms with E-state index in [0.717, 1.165) is 5.76 Å². The van der Waals surface area contributed by atoms with E-state index in [1.165, 1.54) is 0 Å². The second-order valence-corrected chi connectivity index (χ2v) is 4.17.